The summed E-state index contributed by atoms with van der Waals surface area (Å²) < 4.78 is 13.8. The van der Waals surface area contributed by atoms with Gasteiger partial charge >= 0.3 is 0 Å². The van der Waals surface area contributed by atoms with E-state index in [1.165, 1.54) is 12.1 Å². The smallest absolute Gasteiger partial charge is 0.246 e. The topological polar surface area (TPSA) is 61.4 Å². The Morgan fingerprint density at radius 2 is 1.96 bits per heavy atom. The van der Waals surface area contributed by atoms with Crippen LogP contribution in [0.3, 0.4) is 0 Å². The van der Waals surface area contributed by atoms with Crippen LogP contribution in [0.1, 0.15) is 19.8 Å². The van der Waals surface area contributed by atoms with Gasteiger partial charge < -0.3 is 15.5 Å². The second-order valence-electron chi connectivity index (χ2n) is 6.18. The highest BCUT2D eigenvalue weighted by molar-refractivity contribution is 6.30. The average molecular weight is 376 g/mol. The van der Waals surface area contributed by atoms with Crippen molar-refractivity contribution >= 4 is 40.5 Å². The maximum absolute atomic E-state index is 13.8. The fourth-order valence-corrected chi connectivity index (χ4v) is 2.96. The van der Waals surface area contributed by atoms with Crippen molar-refractivity contribution in [2.24, 2.45) is 0 Å². The van der Waals surface area contributed by atoms with E-state index in [0.29, 0.717) is 6.42 Å². The largest absolute Gasteiger partial charge is 0.374 e. The first-order chi connectivity index (χ1) is 12.4. The number of nitrogens with zero attached hydrogens (tertiary/aromatic N) is 1. The van der Waals surface area contributed by atoms with Gasteiger partial charge in [0.1, 0.15) is 11.9 Å². The maximum Gasteiger partial charge on any atom is 0.246 e. The van der Waals surface area contributed by atoms with Crippen molar-refractivity contribution < 1.29 is 14.0 Å². The standard InChI is InChI=1S/C19H19ClFN3O2/c1-12(19(26)23-17-9-4-13(20)11-16(17)21)22-14-5-7-15(8-6-14)24-10-2-3-18(24)25/h4-9,11-12,22H,2-3,10H2,1H3,(H,23,26)/t12-/m0/s1. The minimum Gasteiger partial charge on any atom is -0.374 e. The van der Waals surface area contributed by atoms with Crippen LogP contribution >= 0.6 is 11.6 Å². The molecule has 7 heteroatoms. The molecule has 5 nitrogen and oxygen atoms in total. The third kappa shape index (κ3) is 4.14. The summed E-state index contributed by atoms with van der Waals surface area (Å²) in [5.74, 6) is -0.828. The monoisotopic (exact) mass is 375 g/mol. The van der Waals surface area contributed by atoms with Gasteiger partial charge in [0, 0.05) is 29.4 Å². The first-order valence-corrected chi connectivity index (χ1v) is 8.75. The van der Waals surface area contributed by atoms with E-state index in [9.17, 15) is 14.0 Å². The zero-order valence-corrected chi connectivity index (χ0v) is 15.0. The molecule has 1 atom stereocenters. The summed E-state index contributed by atoms with van der Waals surface area (Å²) in [6.07, 6.45) is 1.45. The molecule has 1 saturated heterocycles. The van der Waals surface area contributed by atoms with Gasteiger partial charge in [-0.05, 0) is 55.8 Å². The number of amides is 2. The van der Waals surface area contributed by atoms with Crippen LogP contribution in [0.25, 0.3) is 0 Å². The summed E-state index contributed by atoms with van der Waals surface area (Å²) in [6, 6.07) is 10.8. The van der Waals surface area contributed by atoms with E-state index in [-0.39, 0.29) is 22.5 Å². The molecule has 0 unspecified atom stereocenters. The summed E-state index contributed by atoms with van der Waals surface area (Å²) in [5, 5.41) is 5.86. The Morgan fingerprint density at radius 3 is 2.58 bits per heavy atom. The molecule has 1 aliphatic heterocycles. The Bertz CT molecular complexity index is 826. The number of carbonyl (C=O) groups is 2. The van der Waals surface area contributed by atoms with Crippen molar-refractivity contribution in [1.82, 2.24) is 0 Å². The minimum absolute atomic E-state index is 0.0796. The Balaban J connectivity index is 1.61. The number of hydrogen-bond acceptors (Lipinski definition) is 3. The van der Waals surface area contributed by atoms with Crippen molar-refractivity contribution in [3.63, 3.8) is 0 Å². The van der Waals surface area contributed by atoms with Crippen molar-refractivity contribution in [2.75, 3.05) is 22.1 Å². The summed E-state index contributed by atoms with van der Waals surface area (Å²) in [5.41, 5.74) is 1.66. The lowest BCUT2D eigenvalue weighted by Gasteiger charge is -2.18. The Kier molecular flexibility index (Phi) is 5.42. The highest BCUT2D eigenvalue weighted by Gasteiger charge is 2.21. The number of nitrogens with one attached hydrogen (secondary N) is 2. The molecular formula is C19H19ClFN3O2. The molecule has 0 aliphatic carbocycles. The number of anilines is 3. The number of halogens is 2. The third-order valence-electron chi connectivity index (χ3n) is 4.22. The quantitative estimate of drug-likeness (QED) is 0.828. The number of carbonyl (C=O) groups excluding carboxylic acids is 2. The van der Waals surface area contributed by atoms with Crippen LogP contribution in [0, 0.1) is 5.82 Å². The van der Waals surface area contributed by atoms with Gasteiger partial charge in [-0.15, -0.1) is 0 Å². The molecule has 0 radical (unpaired) electrons. The van der Waals surface area contributed by atoms with E-state index in [1.54, 1.807) is 11.8 Å². The number of benzene rings is 2. The Labute approximate surface area is 156 Å². The molecule has 1 fully saturated rings. The zero-order valence-electron chi connectivity index (χ0n) is 14.3. The van der Waals surface area contributed by atoms with Crippen LogP contribution in [-0.2, 0) is 9.59 Å². The van der Waals surface area contributed by atoms with E-state index in [0.717, 1.165) is 30.4 Å². The molecule has 136 valence electrons. The molecular weight excluding hydrogens is 357 g/mol. The molecule has 1 heterocycles. The highest BCUT2D eigenvalue weighted by atomic mass is 35.5. The summed E-state index contributed by atoms with van der Waals surface area (Å²) in [4.78, 5) is 25.8. The minimum atomic E-state index is -0.585. The molecule has 2 aromatic rings. The van der Waals surface area contributed by atoms with Crippen LogP contribution in [0.2, 0.25) is 5.02 Å². The van der Waals surface area contributed by atoms with Gasteiger partial charge in [0.2, 0.25) is 11.8 Å². The second-order valence-corrected chi connectivity index (χ2v) is 6.61. The first-order valence-electron chi connectivity index (χ1n) is 8.37. The van der Waals surface area contributed by atoms with Gasteiger partial charge in [0.05, 0.1) is 5.69 Å². The fraction of sp³-hybridized carbons (Fsp3) is 0.263. The Hall–Kier alpha value is -2.60. The van der Waals surface area contributed by atoms with Crippen LogP contribution in [-0.4, -0.2) is 24.4 Å². The van der Waals surface area contributed by atoms with Crippen molar-refractivity contribution in [3.05, 3.63) is 53.3 Å². The second kappa shape index (κ2) is 7.74. The van der Waals surface area contributed by atoms with E-state index < -0.39 is 11.9 Å². The van der Waals surface area contributed by atoms with Gasteiger partial charge in [0.15, 0.2) is 0 Å². The molecule has 0 aromatic heterocycles. The lowest BCUT2D eigenvalue weighted by atomic mass is 10.2. The maximum atomic E-state index is 13.8. The molecule has 0 spiro atoms. The lowest BCUT2D eigenvalue weighted by molar-refractivity contribution is -0.117. The number of rotatable bonds is 5. The van der Waals surface area contributed by atoms with Gasteiger partial charge in [-0.2, -0.15) is 0 Å². The SMILES string of the molecule is C[C@H](Nc1ccc(N2CCCC2=O)cc1)C(=O)Nc1ccc(Cl)cc1F. The zero-order chi connectivity index (χ0) is 18.7. The molecule has 0 bridgehead atoms. The molecule has 2 N–H and O–H groups in total. The van der Waals surface area contributed by atoms with Gasteiger partial charge in [-0.25, -0.2) is 4.39 Å². The van der Waals surface area contributed by atoms with E-state index >= 15 is 0 Å². The average Bonchev–Trinajstić information content (AvgIpc) is 3.04. The van der Waals surface area contributed by atoms with Crippen molar-refractivity contribution in [1.29, 1.82) is 0 Å². The van der Waals surface area contributed by atoms with E-state index in [2.05, 4.69) is 10.6 Å². The van der Waals surface area contributed by atoms with Gasteiger partial charge in [0.25, 0.3) is 0 Å². The molecule has 26 heavy (non-hydrogen) atoms. The van der Waals surface area contributed by atoms with Crippen molar-refractivity contribution in [3.8, 4) is 0 Å². The summed E-state index contributed by atoms with van der Waals surface area (Å²) in [6.45, 7) is 2.41. The third-order valence-corrected chi connectivity index (χ3v) is 4.45. The van der Waals surface area contributed by atoms with E-state index in [4.69, 9.17) is 11.6 Å². The Morgan fingerprint density at radius 1 is 1.23 bits per heavy atom. The molecule has 2 amide bonds. The predicted molar refractivity (Wildman–Crippen MR) is 101 cm³/mol. The van der Waals surface area contributed by atoms with Gasteiger partial charge in [-0.1, -0.05) is 11.6 Å². The first kappa shape index (κ1) is 18.2. The number of hydrogen-bond donors (Lipinski definition) is 2. The van der Waals surface area contributed by atoms with Crippen LogP contribution in [0.15, 0.2) is 42.5 Å². The highest BCUT2D eigenvalue weighted by Crippen LogP contribution is 2.23. The van der Waals surface area contributed by atoms with E-state index in [1.807, 2.05) is 24.3 Å². The van der Waals surface area contributed by atoms with Gasteiger partial charge in [-0.3, -0.25) is 9.59 Å². The van der Waals surface area contributed by atoms with Crippen LogP contribution < -0.4 is 15.5 Å². The predicted octanol–water partition coefficient (Wildman–Crippen LogP) is 4.05. The molecule has 1 aliphatic rings. The van der Waals surface area contributed by atoms with Crippen molar-refractivity contribution in [2.45, 2.75) is 25.8 Å². The molecule has 3 rings (SSSR count). The normalized spacial score (nSPS) is 15.0. The molecule has 2 aromatic carbocycles. The molecule has 0 saturated carbocycles. The summed E-state index contributed by atoms with van der Waals surface area (Å²) in [7, 11) is 0. The van der Waals surface area contributed by atoms with Crippen LogP contribution in [0.4, 0.5) is 21.5 Å². The fourth-order valence-electron chi connectivity index (χ4n) is 2.81. The summed E-state index contributed by atoms with van der Waals surface area (Å²) >= 11 is 5.70. The lowest BCUT2D eigenvalue weighted by Crippen LogP contribution is -2.32. The van der Waals surface area contributed by atoms with Crippen LogP contribution in [0.5, 0.6) is 0 Å².